The van der Waals surface area contributed by atoms with Gasteiger partial charge in [0.2, 0.25) is 0 Å². The number of halogens is 1. The molecule has 0 atom stereocenters. The largest absolute Gasteiger partial charge is 0.477 e. The Morgan fingerprint density at radius 3 is 2.43 bits per heavy atom. The Labute approximate surface area is 87.5 Å². The van der Waals surface area contributed by atoms with Crippen LogP contribution in [-0.4, -0.2) is 22.2 Å². The molecule has 0 amide bonds. The summed E-state index contributed by atoms with van der Waals surface area (Å²) >= 11 is 3.14. The van der Waals surface area contributed by atoms with Crippen molar-refractivity contribution in [2.24, 2.45) is 0 Å². The van der Waals surface area contributed by atoms with Gasteiger partial charge in [-0.1, -0.05) is 15.9 Å². The summed E-state index contributed by atoms with van der Waals surface area (Å²) in [6.07, 6.45) is 1.45. The summed E-state index contributed by atoms with van der Waals surface area (Å²) in [4.78, 5) is 23.7. The highest BCUT2D eigenvalue weighted by atomic mass is 79.9. The van der Waals surface area contributed by atoms with Gasteiger partial charge in [-0.2, -0.15) is 0 Å². The van der Waals surface area contributed by atoms with Crippen molar-refractivity contribution in [1.82, 2.24) is 0 Å². The molecule has 1 aromatic heterocycles. The summed E-state index contributed by atoms with van der Waals surface area (Å²) in [5, 5.41) is 17.9. The Bertz CT molecular complexity index is 391. The van der Waals surface area contributed by atoms with Crippen LogP contribution >= 0.6 is 15.9 Å². The zero-order valence-corrected chi connectivity index (χ0v) is 8.54. The monoisotopic (exact) mass is 260 g/mol. The van der Waals surface area contributed by atoms with Gasteiger partial charge >= 0.3 is 17.6 Å². The molecule has 0 saturated heterocycles. The lowest BCUT2D eigenvalue weighted by Crippen LogP contribution is -2.22. The van der Waals surface area contributed by atoms with Gasteiger partial charge in [0.1, 0.15) is 5.56 Å². The molecule has 6 heteroatoms. The van der Waals surface area contributed by atoms with E-state index < -0.39 is 11.9 Å². The average molecular weight is 261 g/mol. The summed E-state index contributed by atoms with van der Waals surface area (Å²) in [6, 6.07) is 1.32. The molecule has 0 aliphatic heterocycles. The van der Waals surface area contributed by atoms with Crippen molar-refractivity contribution in [3.63, 3.8) is 0 Å². The highest BCUT2D eigenvalue weighted by molar-refractivity contribution is 9.08. The van der Waals surface area contributed by atoms with Crippen molar-refractivity contribution >= 4 is 27.9 Å². The van der Waals surface area contributed by atoms with Crippen molar-refractivity contribution in [3.05, 3.63) is 29.1 Å². The molecule has 0 radical (unpaired) electrons. The number of rotatable bonds is 3. The second-order valence-electron chi connectivity index (χ2n) is 2.54. The van der Waals surface area contributed by atoms with Gasteiger partial charge in [0.15, 0.2) is 6.20 Å². The quantitative estimate of drug-likeness (QED) is 0.787. The first-order valence-corrected chi connectivity index (χ1v) is 4.75. The van der Waals surface area contributed by atoms with Crippen LogP contribution in [0.1, 0.15) is 26.4 Å². The number of carboxylic acid groups (broad SMARTS) is 2. The summed E-state index contributed by atoms with van der Waals surface area (Å²) in [5.74, 6) is -2.55. The third kappa shape index (κ3) is 2.08. The molecule has 0 aromatic carbocycles. The molecule has 0 fully saturated rings. The van der Waals surface area contributed by atoms with Crippen LogP contribution < -0.4 is 4.98 Å². The molecule has 0 spiro atoms. The predicted octanol–water partition coefficient (Wildman–Crippen LogP) is 0.792. The first kappa shape index (κ1) is 10.6. The van der Waals surface area contributed by atoms with E-state index in [2.05, 4.69) is 20.9 Å². The number of H-pyrrole nitrogens is 1. The molecule has 14 heavy (non-hydrogen) atoms. The number of aromatic carboxylic acids is 2. The van der Waals surface area contributed by atoms with Crippen LogP contribution in [0.5, 0.6) is 0 Å². The lowest BCUT2D eigenvalue weighted by Gasteiger charge is -1.96. The Kier molecular flexibility index (Phi) is 3.19. The maximum atomic E-state index is 10.7. The average Bonchev–Trinajstić information content (AvgIpc) is 2.16. The minimum absolute atomic E-state index is 0.241. The normalized spacial score (nSPS) is 9.79. The number of pyridine rings is 1. The van der Waals surface area contributed by atoms with Crippen LogP contribution in [0.25, 0.3) is 0 Å². The first-order valence-electron chi connectivity index (χ1n) is 3.63. The fourth-order valence-corrected chi connectivity index (χ4v) is 1.29. The SMILES string of the molecule is O=C(O)c1cc(CBr)c[nH+]c1C(=O)O. The Morgan fingerprint density at radius 1 is 1.36 bits per heavy atom. The van der Waals surface area contributed by atoms with E-state index in [4.69, 9.17) is 10.2 Å². The third-order valence-electron chi connectivity index (χ3n) is 1.60. The van der Waals surface area contributed by atoms with Gasteiger partial charge in [-0.05, 0) is 6.07 Å². The van der Waals surface area contributed by atoms with Gasteiger partial charge in [0.25, 0.3) is 0 Å². The van der Waals surface area contributed by atoms with Gasteiger partial charge in [-0.15, -0.1) is 0 Å². The van der Waals surface area contributed by atoms with Crippen LogP contribution in [0.3, 0.4) is 0 Å². The van der Waals surface area contributed by atoms with Crippen LogP contribution in [0.15, 0.2) is 12.3 Å². The van der Waals surface area contributed by atoms with E-state index in [1.807, 2.05) is 0 Å². The highest BCUT2D eigenvalue weighted by Crippen LogP contribution is 2.09. The topological polar surface area (TPSA) is 88.7 Å². The van der Waals surface area contributed by atoms with E-state index >= 15 is 0 Å². The maximum absolute atomic E-state index is 10.7. The zero-order valence-electron chi connectivity index (χ0n) is 6.95. The summed E-state index contributed by atoms with van der Waals surface area (Å²) < 4.78 is 0. The number of alkyl halides is 1. The van der Waals surface area contributed by atoms with Crippen LogP contribution in [0, 0.1) is 0 Å². The van der Waals surface area contributed by atoms with E-state index in [1.165, 1.54) is 12.3 Å². The molecular formula is C8H7BrNO4+. The van der Waals surface area contributed by atoms with E-state index in [1.54, 1.807) is 0 Å². The van der Waals surface area contributed by atoms with Gasteiger partial charge in [0.05, 0.1) is 0 Å². The molecule has 0 aliphatic rings. The zero-order chi connectivity index (χ0) is 10.7. The van der Waals surface area contributed by atoms with Gasteiger partial charge in [-0.3, -0.25) is 0 Å². The second-order valence-corrected chi connectivity index (χ2v) is 3.10. The van der Waals surface area contributed by atoms with Gasteiger partial charge in [0, 0.05) is 10.9 Å². The number of aromatic nitrogens is 1. The number of hydrogen-bond donors (Lipinski definition) is 2. The third-order valence-corrected chi connectivity index (χ3v) is 2.25. The molecule has 1 aromatic rings. The summed E-state index contributed by atoms with van der Waals surface area (Å²) in [6.45, 7) is 0. The molecule has 0 saturated carbocycles. The van der Waals surface area contributed by atoms with E-state index in [9.17, 15) is 9.59 Å². The van der Waals surface area contributed by atoms with E-state index in [0.29, 0.717) is 10.9 Å². The molecule has 0 aliphatic carbocycles. The van der Waals surface area contributed by atoms with E-state index in [-0.39, 0.29) is 11.3 Å². The van der Waals surface area contributed by atoms with Crippen LogP contribution in [0.2, 0.25) is 0 Å². The summed E-state index contributed by atoms with van der Waals surface area (Å²) in [7, 11) is 0. The Hall–Kier alpha value is -1.43. The maximum Gasteiger partial charge on any atom is 0.402 e. The van der Waals surface area contributed by atoms with Gasteiger partial charge < -0.3 is 10.2 Å². The highest BCUT2D eigenvalue weighted by Gasteiger charge is 2.23. The Balaban J connectivity index is 3.31. The van der Waals surface area contributed by atoms with Crippen LogP contribution in [0.4, 0.5) is 0 Å². The minimum atomic E-state index is -1.29. The fraction of sp³-hybridized carbons (Fsp3) is 0.125. The van der Waals surface area contributed by atoms with Crippen molar-refractivity contribution < 1.29 is 24.8 Å². The standard InChI is InChI=1S/C8H6BrNO4/c9-2-4-1-5(7(11)12)6(8(13)14)10-3-4/h1,3H,2H2,(H,11,12)(H,13,14)/p+1. The van der Waals surface area contributed by atoms with Crippen molar-refractivity contribution in [2.45, 2.75) is 5.33 Å². The molecule has 0 bridgehead atoms. The summed E-state index contributed by atoms with van der Waals surface area (Å²) in [5.41, 5.74) is 0.115. The number of carboxylic acids is 2. The number of aromatic amines is 1. The molecule has 5 nitrogen and oxygen atoms in total. The fourth-order valence-electron chi connectivity index (χ4n) is 0.965. The van der Waals surface area contributed by atoms with Crippen molar-refractivity contribution in [1.29, 1.82) is 0 Å². The molecule has 3 N–H and O–H groups in total. The number of nitrogens with one attached hydrogen (secondary N) is 1. The number of hydrogen-bond acceptors (Lipinski definition) is 2. The smallest absolute Gasteiger partial charge is 0.402 e. The second kappa shape index (κ2) is 4.19. The van der Waals surface area contributed by atoms with Crippen molar-refractivity contribution in [2.75, 3.05) is 0 Å². The predicted molar refractivity (Wildman–Crippen MR) is 49.5 cm³/mol. The lowest BCUT2D eigenvalue weighted by atomic mass is 10.1. The molecule has 0 unspecified atom stereocenters. The first-order chi connectivity index (χ1) is 6.56. The minimum Gasteiger partial charge on any atom is -0.477 e. The molecule has 74 valence electrons. The van der Waals surface area contributed by atoms with E-state index in [0.717, 1.165) is 0 Å². The van der Waals surface area contributed by atoms with Gasteiger partial charge in [-0.25, -0.2) is 14.6 Å². The van der Waals surface area contributed by atoms with Crippen molar-refractivity contribution in [3.8, 4) is 0 Å². The number of carbonyl (C=O) groups is 2. The molecule has 1 heterocycles. The van der Waals surface area contributed by atoms with Crippen LogP contribution in [-0.2, 0) is 5.33 Å². The molecular weight excluding hydrogens is 254 g/mol. The molecule has 1 rings (SSSR count). The Morgan fingerprint density at radius 2 is 2.00 bits per heavy atom. The lowest BCUT2D eigenvalue weighted by molar-refractivity contribution is -0.384.